The van der Waals surface area contributed by atoms with Crippen LogP contribution in [0.2, 0.25) is 0 Å². The highest BCUT2D eigenvalue weighted by atomic mass is 35.5. The van der Waals surface area contributed by atoms with Gasteiger partial charge in [-0.15, -0.1) is 23.2 Å². The van der Waals surface area contributed by atoms with Crippen LogP contribution in [0.5, 0.6) is 11.5 Å². The molecule has 3 aliphatic heterocycles. The van der Waals surface area contributed by atoms with Gasteiger partial charge in [-0.2, -0.15) is 0 Å². The highest BCUT2D eigenvalue weighted by molar-refractivity contribution is 6.20. The number of hydrogen-bond acceptors (Lipinski definition) is 15. The number of amides is 7. The first kappa shape index (κ1) is 58.7. The average molecular weight is 1180 g/mol. The highest BCUT2D eigenvalue weighted by Crippen LogP contribution is 2.75. The minimum atomic E-state index is -1.93. The number of carbonyl (C=O) groups is 7. The number of aliphatic hydroxyl groups excluding tert-OH is 3. The van der Waals surface area contributed by atoms with Gasteiger partial charge in [-0.3, -0.25) is 14.4 Å². The maximum absolute atomic E-state index is 15.0. The van der Waals surface area contributed by atoms with Gasteiger partial charge in [0.1, 0.15) is 42.5 Å². The smallest absolute Gasteiger partial charge is 0.415 e. The van der Waals surface area contributed by atoms with Gasteiger partial charge in [-0.25, -0.2) is 19.2 Å². The van der Waals surface area contributed by atoms with Crippen LogP contribution in [0, 0.1) is 10.8 Å². The number of primary amides is 1. The summed E-state index contributed by atoms with van der Waals surface area (Å²) in [4.78, 5) is 98.8. The van der Waals surface area contributed by atoms with E-state index in [1.54, 1.807) is 58.3 Å². The lowest BCUT2D eigenvalue weighted by molar-refractivity contribution is -0.270. The van der Waals surface area contributed by atoms with Crippen molar-refractivity contribution < 1.29 is 72.9 Å². The first-order valence-electron chi connectivity index (χ1n) is 27.1. The zero-order chi connectivity index (χ0) is 59.2. The lowest BCUT2D eigenvalue weighted by Crippen LogP contribution is -2.73. The van der Waals surface area contributed by atoms with Crippen LogP contribution < -0.4 is 41.4 Å². The van der Waals surface area contributed by atoms with Crippen LogP contribution in [0.15, 0.2) is 84.9 Å². The van der Waals surface area contributed by atoms with Crippen LogP contribution in [-0.2, 0) is 35.3 Å². The average Bonchev–Trinajstić information content (AvgIpc) is 1.60. The third kappa shape index (κ3) is 11.0. The molecule has 3 heterocycles. The van der Waals surface area contributed by atoms with Crippen molar-refractivity contribution in [2.45, 2.75) is 87.3 Å². The fraction of sp³-hybridized carbons (Fsp3) is 0.431. The molecular weight excluding hydrogens is 1120 g/mol. The number of aliphatic carboxylic acids is 1. The fourth-order valence-corrected chi connectivity index (χ4v) is 12.8. The van der Waals surface area contributed by atoms with E-state index in [2.05, 4.69) is 10.6 Å². The number of nitrogens with zero attached hydrogens (tertiary/aromatic N) is 4. The second-order valence-electron chi connectivity index (χ2n) is 22.1. The Morgan fingerprint density at radius 3 is 1.77 bits per heavy atom. The van der Waals surface area contributed by atoms with Crippen LogP contribution in [0.4, 0.5) is 31.4 Å². The van der Waals surface area contributed by atoms with Gasteiger partial charge in [0, 0.05) is 92.5 Å². The molecule has 440 valence electrons. The van der Waals surface area contributed by atoms with Gasteiger partial charge in [0.15, 0.2) is 6.10 Å². The van der Waals surface area contributed by atoms with Crippen LogP contribution >= 0.6 is 23.2 Å². The van der Waals surface area contributed by atoms with Crippen molar-refractivity contribution in [1.29, 1.82) is 0 Å². The van der Waals surface area contributed by atoms with E-state index >= 15 is 0 Å². The summed E-state index contributed by atoms with van der Waals surface area (Å²) in [6.45, 7) is 0.881. The van der Waals surface area contributed by atoms with Gasteiger partial charge in [-0.05, 0) is 78.2 Å². The summed E-state index contributed by atoms with van der Waals surface area (Å²) in [6.07, 6.45) is -9.01. The Morgan fingerprint density at radius 1 is 0.735 bits per heavy atom. The summed E-state index contributed by atoms with van der Waals surface area (Å²) in [7, 11) is 3.05. The number of fused-ring (bicyclic) bond motifs is 6. The number of hydrogen-bond donors (Lipinski definition) is 8. The summed E-state index contributed by atoms with van der Waals surface area (Å²) >= 11 is 13.2. The lowest BCUT2D eigenvalue weighted by atomic mass is 9.34. The molecule has 7 amide bonds. The van der Waals surface area contributed by atoms with Gasteiger partial charge >= 0.3 is 24.2 Å². The first-order chi connectivity index (χ1) is 39.7. The Kier molecular flexibility index (Phi) is 16.7. The minimum Gasteiger partial charge on any atom is -0.479 e. The first-order valence-corrected chi connectivity index (χ1v) is 28.2. The standard InChI is InChI=1S/C58H64Cl2N8O15/c1-65(55(78)80-26-30-13-15-33(16-14-30)63-49(72)38(12-7-17-61)64-54(62)77)18-19-66(2)56(79)82-42-21-40-44(37-11-6-4-9-35(37)42)32(23-60)25-68(40)53(76)58-27-57(28-58,29-58)52(75)67-24-31(22-59)43-36-10-5-3-8-34(36)41(20-39(43)67)81-51-47(71)45(69)46(70)48(83-51)50(73)74/h3-6,8-11,13-16,20-21,31-32,38,45-48,51,69-71H,7,12,17-19,22-29,61H2,1-2H3,(H,63,72)(H,73,74)(H3,62,64,77)/t31-,32-,38?,45+,46+,47-,48+,51-,57?,58?/m1/s1. The van der Waals surface area contributed by atoms with Crippen LogP contribution in [-0.4, -0.2) is 167 Å². The number of ether oxygens (including phenoxy) is 4. The second-order valence-corrected chi connectivity index (χ2v) is 22.7. The maximum atomic E-state index is 15.0. The Morgan fingerprint density at radius 2 is 1.25 bits per heavy atom. The van der Waals surface area contributed by atoms with Crippen molar-refractivity contribution >= 4 is 104 Å². The van der Waals surface area contributed by atoms with E-state index in [1.807, 2.05) is 36.4 Å². The van der Waals surface area contributed by atoms with E-state index in [4.69, 9.17) is 53.6 Å². The molecule has 3 saturated carbocycles. The molecule has 10 N–H and O–H groups in total. The van der Waals surface area contributed by atoms with E-state index in [1.165, 1.54) is 23.9 Å². The van der Waals surface area contributed by atoms with Crippen molar-refractivity contribution in [3.8, 4) is 11.5 Å². The van der Waals surface area contributed by atoms with E-state index in [0.29, 0.717) is 58.2 Å². The predicted octanol–water partition coefficient (Wildman–Crippen LogP) is 4.89. The molecule has 25 heteroatoms. The lowest BCUT2D eigenvalue weighted by Gasteiger charge is -2.69. The number of rotatable bonds is 19. The number of halogens is 2. The minimum absolute atomic E-state index is 0.0624. The molecule has 8 atom stereocenters. The Hall–Kier alpha value is -7.51. The molecule has 11 rings (SSSR count). The van der Waals surface area contributed by atoms with E-state index in [9.17, 15) is 54.0 Å². The number of alkyl halides is 2. The Labute approximate surface area is 486 Å². The topological polar surface area (TPSA) is 326 Å². The van der Waals surface area contributed by atoms with Crippen molar-refractivity contribution in [2.75, 3.05) is 73.7 Å². The van der Waals surface area contributed by atoms with Crippen molar-refractivity contribution in [1.82, 2.24) is 15.1 Å². The summed E-state index contributed by atoms with van der Waals surface area (Å²) in [5.41, 5.74) is 12.8. The monoisotopic (exact) mass is 1180 g/mol. The van der Waals surface area contributed by atoms with Crippen molar-refractivity contribution in [3.05, 3.63) is 102 Å². The summed E-state index contributed by atoms with van der Waals surface area (Å²) in [5.74, 6) is -2.27. The molecule has 1 saturated heterocycles. The van der Waals surface area contributed by atoms with Gasteiger partial charge in [-0.1, -0.05) is 60.7 Å². The molecular formula is C58H64Cl2N8O15. The predicted molar refractivity (Wildman–Crippen MR) is 305 cm³/mol. The van der Waals surface area contributed by atoms with E-state index in [-0.39, 0.29) is 99.0 Å². The quantitative estimate of drug-likeness (QED) is 0.0511. The molecule has 1 unspecified atom stereocenters. The van der Waals surface area contributed by atoms with Gasteiger partial charge in [0.05, 0.1) is 22.2 Å². The number of carbonyl (C=O) groups excluding carboxylic acids is 6. The number of nitrogens with one attached hydrogen (secondary N) is 2. The molecule has 5 aromatic carbocycles. The SMILES string of the molecule is CN(CCN(C)C(=O)Oc1cc2c(c3ccccc13)[C@H](CCl)CN2C(=O)C12CC(C(=O)N3C[C@@H](CCl)c4c3cc(O[C@@H]3O[C@H](C(=O)O)[C@@H](O)[C@H](O)[C@H]3O)c3ccccc43)(C1)C2)C(=O)OCc1ccc(NC(=O)C(CCCN)NC(N)=O)cc1. The summed E-state index contributed by atoms with van der Waals surface area (Å²) in [6, 6.07) is 22.7. The van der Waals surface area contributed by atoms with Crippen LogP contribution in [0.1, 0.15) is 60.6 Å². The van der Waals surface area contributed by atoms with Gasteiger partial charge < -0.3 is 81.1 Å². The Balaban J connectivity index is 0.787. The zero-order valence-corrected chi connectivity index (χ0v) is 46.9. The normalized spacial score (nSPS) is 25.0. The van der Waals surface area contributed by atoms with Gasteiger partial charge in [0.25, 0.3) is 0 Å². The molecule has 5 aromatic rings. The number of aliphatic hydroxyl groups is 3. The van der Waals surface area contributed by atoms with Crippen LogP contribution in [0.25, 0.3) is 21.5 Å². The van der Waals surface area contributed by atoms with Crippen molar-refractivity contribution in [3.63, 3.8) is 0 Å². The largest absolute Gasteiger partial charge is 0.479 e. The van der Waals surface area contributed by atoms with Crippen molar-refractivity contribution in [2.24, 2.45) is 22.3 Å². The van der Waals surface area contributed by atoms with Crippen LogP contribution in [0.3, 0.4) is 0 Å². The molecule has 0 radical (unpaired) electrons. The Bertz CT molecular complexity index is 3370. The number of likely N-dealkylation sites (N-methyl/N-ethyl adjacent to an activating group) is 2. The summed E-state index contributed by atoms with van der Waals surface area (Å²) < 4.78 is 23.2. The number of carboxylic acids is 1. The highest BCUT2D eigenvalue weighted by Gasteiger charge is 2.76. The third-order valence-corrected chi connectivity index (χ3v) is 17.4. The molecule has 23 nitrogen and oxygen atoms in total. The number of anilines is 3. The summed E-state index contributed by atoms with van der Waals surface area (Å²) in [5, 5.41) is 49.2. The molecule has 6 aliphatic rings. The number of benzene rings is 5. The molecule has 0 aromatic heterocycles. The molecule has 2 bridgehead atoms. The van der Waals surface area contributed by atoms with E-state index < -0.39 is 77.7 Å². The van der Waals surface area contributed by atoms with E-state index in [0.717, 1.165) is 16.5 Å². The van der Waals surface area contributed by atoms with Gasteiger partial charge in [0.2, 0.25) is 24.0 Å². The molecule has 3 aliphatic carbocycles. The number of carboxylic acid groups (broad SMARTS) is 1. The molecule has 0 spiro atoms. The second kappa shape index (κ2) is 23.6. The molecule has 4 fully saturated rings. The fourth-order valence-electron chi connectivity index (χ4n) is 12.3. The number of nitrogens with two attached hydrogens (primary N) is 2. The number of urea groups is 1. The zero-order valence-electron chi connectivity index (χ0n) is 45.4. The third-order valence-electron chi connectivity index (χ3n) is 16.6. The maximum Gasteiger partial charge on any atom is 0.415 e. The molecule has 83 heavy (non-hydrogen) atoms.